The van der Waals surface area contributed by atoms with Crippen molar-refractivity contribution >= 4 is 0 Å². The smallest absolute Gasteiger partial charge is 0.0200 e. The second-order valence-electron chi connectivity index (χ2n) is 7.76. The van der Waals surface area contributed by atoms with Crippen LogP contribution in [0.4, 0.5) is 0 Å². The fraction of sp³-hybridized carbons (Fsp3) is 1.00. The highest BCUT2D eigenvalue weighted by Gasteiger charge is 2.51. The van der Waals surface area contributed by atoms with Gasteiger partial charge in [-0.15, -0.1) is 0 Å². The van der Waals surface area contributed by atoms with Gasteiger partial charge in [-0.25, -0.2) is 0 Å². The molecule has 3 fully saturated rings. The van der Waals surface area contributed by atoms with E-state index in [0.29, 0.717) is 5.54 Å². The van der Waals surface area contributed by atoms with Crippen molar-refractivity contribution in [3.05, 3.63) is 0 Å². The van der Waals surface area contributed by atoms with Gasteiger partial charge in [-0.05, 0) is 77.5 Å². The largest absolute Gasteiger partial charge is 0.316 e. The molecule has 0 aromatic heterocycles. The molecule has 116 valence electrons. The number of hydrogen-bond acceptors (Lipinski definition) is 3. The Morgan fingerprint density at radius 2 is 2.00 bits per heavy atom. The molecule has 3 unspecified atom stereocenters. The normalized spacial score (nSPS) is 38.9. The second-order valence-corrected chi connectivity index (χ2v) is 7.76. The van der Waals surface area contributed by atoms with Crippen LogP contribution < -0.4 is 5.32 Å². The summed E-state index contributed by atoms with van der Waals surface area (Å²) in [4.78, 5) is 5.57. The van der Waals surface area contributed by atoms with Gasteiger partial charge < -0.3 is 10.2 Å². The number of nitrogens with one attached hydrogen (secondary N) is 1. The van der Waals surface area contributed by atoms with E-state index in [1.807, 2.05) is 0 Å². The average Bonchev–Trinajstić information content (AvgIpc) is 2.88. The number of fused-ring (bicyclic) bond motifs is 1. The number of nitrogens with zero attached hydrogens (tertiary/aromatic N) is 2. The zero-order valence-electron chi connectivity index (χ0n) is 13.7. The Bertz CT molecular complexity index is 328. The van der Waals surface area contributed by atoms with E-state index < -0.39 is 0 Å². The molecule has 3 saturated heterocycles. The number of likely N-dealkylation sites (tertiary alicyclic amines) is 2. The molecule has 0 aromatic carbocycles. The van der Waals surface area contributed by atoms with Gasteiger partial charge in [0.15, 0.2) is 0 Å². The Hall–Kier alpha value is -0.120. The highest BCUT2D eigenvalue weighted by atomic mass is 15.3. The minimum absolute atomic E-state index is 0.402. The first kappa shape index (κ1) is 14.8. The average molecular weight is 279 g/mol. The van der Waals surface area contributed by atoms with Crippen LogP contribution in [0, 0.1) is 11.8 Å². The molecule has 3 rings (SSSR count). The number of hydrogen-bond donors (Lipinski definition) is 1. The van der Waals surface area contributed by atoms with E-state index in [2.05, 4.69) is 35.9 Å². The highest BCUT2D eigenvalue weighted by molar-refractivity contribution is 5.06. The van der Waals surface area contributed by atoms with Gasteiger partial charge in [-0.1, -0.05) is 6.92 Å². The van der Waals surface area contributed by atoms with Gasteiger partial charge in [0.25, 0.3) is 0 Å². The van der Waals surface area contributed by atoms with Gasteiger partial charge >= 0.3 is 0 Å². The van der Waals surface area contributed by atoms with Crippen LogP contribution in [0.1, 0.15) is 46.5 Å². The molecule has 0 amide bonds. The second kappa shape index (κ2) is 5.94. The quantitative estimate of drug-likeness (QED) is 0.854. The lowest BCUT2D eigenvalue weighted by atomic mass is 9.84. The molecule has 0 saturated carbocycles. The third-order valence-electron chi connectivity index (χ3n) is 6.19. The monoisotopic (exact) mass is 279 g/mol. The third kappa shape index (κ3) is 2.65. The zero-order chi connectivity index (χ0) is 14.2. The molecule has 1 N–H and O–H groups in total. The molecule has 3 nitrogen and oxygen atoms in total. The van der Waals surface area contributed by atoms with Gasteiger partial charge in [-0.2, -0.15) is 0 Å². The van der Waals surface area contributed by atoms with Crippen LogP contribution in [-0.4, -0.2) is 60.6 Å². The molecule has 0 radical (unpaired) electrons. The summed E-state index contributed by atoms with van der Waals surface area (Å²) in [6.45, 7) is 15.1. The van der Waals surface area contributed by atoms with Crippen LogP contribution >= 0.6 is 0 Å². The minimum atomic E-state index is 0.402. The molecule has 0 bridgehead atoms. The predicted molar refractivity (Wildman–Crippen MR) is 85.0 cm³/mol. The van der Waals surface area contributed by atoms with Crippen molar-refractivity contribution in [3.8, 4) is 0 Å². The maximum Gasteiger partial charge on any atom is 0.0200 e. The van der Waals surface area contributed by atoms with E-state index in [1.165, 1.54) is 65.0 Å². The van der Waals surface area contributed by atoms with Crippen molar-refractivity contribution in [2.45, 2.75) is 58.0 Å². The van der Waals surface area contributed by atoms with Crippen LogP contribution in [0.25, 0.3) is 0 Å². The van der Waals surface area contributed by atoms with E-state index in [4.69, 9.17) is 0 Å². The van der Waals surface area contributed by atoms with Gasteiger partial charge in [0, 0.05) is 24.7 Å². The van der Waals surface area contributed by atoms with E-state index in [1.54, 1.807) is 0 Å². The summed E-state index contributed by atoms with van der Waals surface area (Å²) in [5.74, 6) is 1.78. The third-order valence-corrected chi connectivity index (χ3v) is 6.19. The highest BCUT2D eigenvalue weighted by Crippen LogP contribution is 2.43. The van der Waals surface area contributed by atoms with Crippen molar-refractivity contribution in [2.24, 2.45) is 11.8 Å². The fourth-order valence-electron chi connectivity index (χ4n) is 5.06. The molecule has 3 heteroatoms. The lowest BCUT2D eigenvalue weighted by Gasteiger charge is -2.41. The molecule has 0 aliphatic carbocycles. The zero-order valence-corrected chi connectivity index (χ0v) is 13.7. The van der Waals surface area contributed by atoms with Crippen LogP contribution in [0.5, 0.6) is 0 Å². The molecule has 20 heavy (non-hydrogen) atoms. The van der Waals surface area contributed by atoms with E-state index in [9.17, 15) is 0 Å². The lowest BCUT2D eigenvalue weighted by molar-refractivity contribution is 0.0800. The topological polar surface area (TPSA) is 18.5 Å². The van der Waals surface area contributed by atoms with E-state index in [-0.39, 0.29) is 0 Å². The van der Waals surface area contributed by atoms with Gasteiger partial charge in [0.2, 0.25) is 0 Å². The molecule has 0 aromatic rings. The van der Waals surface area contributed by atoms with Crippen molar-refractivity contribution in [3.63, 3.8) is 0 Å². The Labute approximate surface area is 125 Å². The van der Waals surface area contributed by atoms with Crippen molar-refractivity contribution in [1.29, 1.82) is 0 Å². The summed E-state index contributed by atoms with van der Waals surface area (Å²) in [5.41, 5.74) is 0.402. The summed E-state index contributed by atoms with van der Waals surface area (Å²) >= 11 is 0. The summed E-state index contributed by atoms with van der Waals surface area (Å²) in [6.07, 6.45) is 5.49. The maximum absolute atomic E-state index is 3.60. The summed E-state index contributed by atoms with van der Waals surface area (Å²) in [7, 11) is 0. The summed E-state index contributed by atoms with van der Waals surface area (Å²) in [6, 6.07) is 0.831. The molecule has 3 aliphatic heterocycles. The van der Waals surface area contributed by atoms with Crippen LogP contribution in [0.3, 0.4) is 0 Å². The van der Waals surface area contributed by atoms with Crippen molar-refractivity contribution in [1.82, 2.24) is 15.1 Å². The Morgan fingerprint density at radius 1 is 1.15 bits per heavy atom. The van der Waals surface area contributed by atoms with Crippen molar-refractivity contribution < 1.29 is 0 Å². The standard InChI is InChI=1S/C17H33N3/c1-4-8-19-9-5-6-15(7-10-19)20-13-14-11-18-12-16(14)17(20,2)3/h14-16,18H,4-13H2,1-3H3. The SMILES string of the molecule is CCCN1CCCC(N2CC3CNCC3C2(C)C)CC1. The van der Waals surface area contributed by atoms with E-state index >= 15 is 0 Å². The van der Waals surface area contributed by atoms with E-state index in [0.717, 1.165) is 17.9 Å². The Balaban J connectivity index is 1.64. The minimum Gasteiger partial charge on any atom is -0.316 e. The fourth-order valence-corrected chi connectivity index (χ4v) is 5.06. The molecule has 3 heterocycles. The molecular weight excluding hydrogens is 246 g/mol. The predicted octanol–water partition coefficient (Wildman–Crippen LogP) is 2.18. The first-order valence-corrected chi connectivity index (χ1v) is 8.82. The Morgan fingerprint density at radius 3 is 2.75 bits per heavy atom. The van der Waals surface area contributed by atoms with Crippen LogP contribution in [-0.2, 0) is 0 Å². The summed E-state index contributed by atoms with van der Waals surface area (Å²) in [5, 5.41) is 3.60. The maximum atomic E-state index is 3.60. The lowest BCUT2D eigenvalue weighted by Crippen LogP contribution is -2.49. The summed E-state index contributed by atoms with van der Waals surface area (Å²) < 4.78 is 0. The van der Waals surface area contributed by atoms with Crippen molar-refractivity contribution in [2.75, 3.05) is 39.3 Å². The molecular formula is C17H33N3. The molecule has 3 atom stereocenters. The van der Waals surface area contributed by atoms with Gasteiger partial charge in [0.1, 0.15) is 0 Å². The first-order chi connectivity index (χ1) is 9.63. The van der Waals surface area contributed by atoms with Gasteiger partial charge in [-0.3, -0.25) is 4.90 Å². The molecule has 0 spiro atoms. The first-order valence-electron chi connectivity index (χ1n) is 8.82. The molecule has 3 aliphatic rings. The van der Waals surface area contributed by atoms with Gasteiger partial charge in [0.05, 0.1) is 0 Å². The Kier molecular flexibility index (Phi) is 4.40. The van der Waals surface area contributed by atoms with Crippen LogP contribution in [0.2, 0.25) is 0 Å². The number of rotatable bonds is 3. The van der Waals surface area contributed by atoms with Crippen LogP contribution in [0.15, 0.2) is 0 Å².